The molecule has 7 nitrogen and oxygen atoms in total. The minimum atomic E-state index is -0.572. The normalized spacial score (nSPS) is 12.4. The van der Waals surface area contributed by atoms with Gasteiger partial charge in [0.2, 0.25) is 0 Å². The SMILES string of the molecule is CC[C@H](C)c1nc2ccc(Br)cc2c(=O)n1N=Cc1cc(Br)c(OCC(N)=O)c(Br)c1. The van der Waals surface area contributed by atoms with Crippen molar-refractivity contribution in [3.8, 4) is 5.75 Å². The molecule has 0 aliphatic rings. The number of primary amides is 1. The minimum Gasteiger partial charge on any atom is -0.481 e. The van der Waals surface area contributed by atoms with Crippen molar-refractivity contribution in [2.24, 2.45) is 10.8 Å². The van der Waals surface area contributed by atoms with Gasteiger partial charge >= 0.3 is 0 Å². The third-order valence-corrected chi connectivity index (χ3v) is 6.26. The predicted molar refractivity (Wildman–Crippen MR) is 132 cm³/mol. The number of nitrogens with zero attached hydrogens (tertiary/aromatic N) is 3. The van der Waals surface area contributed by atoms with E-state index in [0.29, 0.717) is 37.0 Å². The average molecular weight is 615 g/mol. The number of benzene rings is 2. The van der Waals surface area contributed by atoms with Gasteiger partial charge in [0.15, 0.2) is 6.61 Å². The van der Waals surface area contributed by atoms with Gasteiger partial charge in [0.05, 0.1) is 26.1 Å². The van der Waals surface area contributed by atoms with E-state index < -0.39 is 5.91 Å². The summed E-state index contributed by atoms with van der Waals surface area (Å²) in [6.45, 7) is 3.81. The van der Waals surface area contributed by atoms with Crippen LogP contribution in [0.15, 0.2) is 53.6 Å². The molecule has 2 aromatic carbocycles. The molecule has 31 heavy (non-hydrogen) atoms. The van der Waals surface area contributed by atoms with Crippen LogP contribution in [0.1, 0.15) is 37.6 Å². The van der Waals surface area contributed by atoms with E-state index in [2.05, 4.69) is 52.9 Å². The standard InChI is InChI=1S/C21H19Br3N4O3/c1-3-11(2)20-27-17-5-4-13(22)8-14(17)21(30)28(20)26-9-12-6-15(23)19(16(24)7-12)31-10-18(25)29/h4-9,11H,3,10H2,1-2H3,(H2,25,29)/t11-/m0/s1. The number of carbonyl (C=O) groups is 1. The minimum absolute atomic E-state index is 0.0425. The lowest BCUT2D eigenvalue weighted by atomic mass is 10.1. The Hall–Kier alpha value is -2.04. The van der Waals surface area contributed by atoms with Gasteiger partial charge < -0.3 is 10.5 Å². The molecule has 3 rings (SSSR count). The van der Waals surface area contributed by atoms with Crippen LogP contribution in [0.25, 0.3) is 10.9 Å². The van der Waals surface area contributed by atoms with Crippen molar-refractivity contribution in [1.29, 1.82) is 0 Å². The molecular formula is C21H19Br3N4O3. The lowest BCUT2D eigenvalue weighted by molar-refractivity contribution is -0.119. The molecule has 2 N–H and O–H groups in total. The number of fused-ring (bicyclic) bond motifs is 1. The molecule has 1 atom stereocenters. The van der Waals surface area contributed by atoms with Crippen molar-refractivity contribution in [1.82, 2.24) is 9.66 Å². The number of carbonyl (C=O) groups excluding carboxylic acids is 1. The molecule has 162 valence electrons. The number of amides is 1. The van der Waals surface area contributed by atoms with Gasteiger partial charge in [-0.2, -0.15) is 9.78 Å². The second-order valence-electron chi connectivity index (χ2n) is 6.87. The molecule has 0 unspecified atom stereocenters. The number of hydrogen-bond acceptors (Lipinski definition) is 5. The fourth-order valence-electron chi connectivity index (χ4n) is 2.84. The van der Waals surface area contributed by atoms with Crippen LogP contribution in [-0.4, -0.2) is 28.4 Å². The first-order valence-corrected chi connectivity index (χ1v) is 11.8. The number of hydrogen-bond donors (Lipinski definition) is 1. The molecule has 0 saturated carbocycles. The first-order valence-electron chi connectivity index (χ1n) is 9.38. The van der Waals surface area contributed by atoms with Crippen molar-refractivity contribution in [2.45, 2.75) is 26.2 Å². The lowest BCUT2D eigenvalue weighted by Gasteiger charge is -2.14. The summed E-state index contributed by atoms with van der Waals surface area (Å²) in [5, 5.41) is 4.94. The zero-order valence-corrected chi connectivity index (χ0v) is 21.5. The Kier molecular flexibility index (Phi) is 7.66. The summed E-state index contributed by atoms with van der Waals surface area (Å²) in [7, 11) is 0. The van der Waals surface area contributed by atoms with Gasteiger partial charge in [0.1, 0.15) is 11.6 Å². The van der Waals surface area contributed by atoms with Crippen LogP contribution < -0.4 is 16.0 Å². The maximum absolute atomic E-state index is 13.2. The highest BCUT2D eigenvalue weighted by Crippen LogP contribution is 2.34. The molecule has 0 spiro atoms. The van der Waals surface area contributed by atoms with Gasteiger partial charge in [-0.25, -0.2) is 4.98 Å². The van der Waals surface area contributed by atoms with Crippen molar-refractivity contribution >= 4 is 70.8 Å². The first-order chi connectivity index (χ1) is 14.7. The van der Waals surface area contributed by atoms with Crippen molar-refractivity contribution in [2.75, 3.05) is 6.61 Å². The second-order valence-corrected chi connectivity index (χ2v) is 9.50. The Balaban J connectivity index is 2.07. The number of rotatable bonds is 7. The summed E-state index contributed by atoms with van der Waals surface area (Å²) in [5.41, 5.74) is 6.25. The molecule has 0 fully saturated rings. The van der Waals surface area contributed by atoms with Gasteiger partial charge in [-0.3, -0.25) is 9.59 Å². The largest absolute Gasteiger partial charge is 0.481 e. The van der Waals surface area contributed by atoms with E-state index >= 15 is 0 Å². The Labute approximate surface area is 204 Å². The highest BCUT2D eigenvalue weighted by molar-refractivity contribution is 9.11. The van der Waals surface area contributed by atoms with E-state index in [4.69, 9.17) is 15.5 Å². The molecule has 1 amide bonds. The Morgan fingerprint density at radius 1 is 1.26 bits per heavy atom. The number of aromatic nitrogens is 2. The third kappa shape index (κ3) is 5.42. The Morgan fingerprint density at radius 2 is 1.94 bits per heavy atom. The number of nitrogens with two attached hydrogens (primary N) is 1. The van der Waals surface area contributed by atoms with Gasteiger partial charge in [0, 0.05) is 10.4 Å². The molecule has 0 radical (unpaired) electrons. The molecule has 1 aromatic heterocycles. The predicted octanol–water partition coefficient (Wildman–Crippen LogP) is 4.94. The fourth-order valence-corrected chi connectivity index (χ4v) is 4.65. The molecule has 10 heteroatoms. The van der Waals surface area contributed by atoms with E-state index in [0.717, 1.165) is 10.9 Å². The summed E-state index contributed by atoms with van der Waals surface area (Å²) in [4.78, 5) is 28.9. The third-order valence-electron chi connectivity index (χ3n) is 4.59. The van der Waals surface area contributed by atoms with E-state index in [9.17, 15) is 9.59 Å². The molecule has 0 bridgehead atoms. The van der Waals surface area contributed by atoms with Crippen LogP contribution in [0.3, 0.4) is 0 Å². The van der Waals surface area contributed by atoms with E-state index in [1.807, 2.05) is 26.0 Å². The molecule has 1 heterocycles. The van der Waals surface area contributed by atoms with Gasteiger partial charge in [-0.05, 0) is 74.2 Å². The molecular weight excluding hydrogens is 596 g/mol. The average Bonchev–Trinajstić information content (AvgIpc) is 2.72. The van der Waals surface area contributed by atoms with E-state index in [1.165, 1.54) is 4.68 Å². The maximum Gasteiger partial charge on any atom is 0.282 e. The van der Waals surface area contributed by atoms with Crippen LogP contribution in [0.2, 0.25) is 0 Å². The fraction of sp³-hybridized carbons (Fsp3) is 0.238. The van der Waals surface area contributed by atoms with Gasteiger partial charge in [-0.15, -0.1) is 0 Å². The van der Waals surface area contributed by atoms with Crippen LogP contribution in [0.5, 0.6) is 5.75 Å². The van der Waals surface area contributed by atoms with Crippen LogP contribution in [0, 0.1) is 0 Å². The quantitative estimate of drug-likeness (QED) is 0.381. The molecule has 0 aliphatic heterocycles. The lowest BCUT2D eigenvalue weighted by Crippen LogP contribution is -2.23. The zero-order valence-electron chi connectivity index (χ0n) is 16.7. The zero-order chi connectivity index (χ0) is 22.7. The summed E-state index contributed by atoms with van der Waals surface area (Å²) in [5.74, 6) is 0.515. The van der Waals surface area contributed by atoms with Gasteiger partial charge in [0.25, 0.3) is 11.5 Å². The van der Waals surface area contributed by atoms with Crippen LogP contribution in [0.4, 0.5) is 0 Å². The van der Waals surface area contributed by atoms with Crippen molar-refractivity contribution < 1.29 is 9.53 Å². The summed E-state index contributed by atoms with van der Waals surface area (Å²) in [6.07, 6.45) is 2.39. The summed E-state index contributed by atoms with van der Waals surface area (Å²) >= 11 is 10.3. The summed E-state index contributed by atoms with van der Waals surface area (Å²) in [6, 6.07) is 8.96. The number of halogens is 3. The topological polar surface area (TPSA) is 99.6 Å². The van der Waals surface area contributed by atoms with Gasteiger partial charge in [-0.1, -0.05) is 29.8 Å². The maximum atomic E-state index is 13.2. The van der Waals surface area contributed by atoms with E-state index in [-0.39, 0.29) is 18.1 Å². The smallest absolute Gasteiger partial charge is 0.282 e. The van der Waals surface area contributed by atoms with Crippen molar-refractivity contribution in [3.63, 3.8) is 0 Å². The molecule has 0 saturated heterocycles. The van der Waals surface area contributed by atoms with Crippen LogP contribution >= 0.6 is 47.8 Å². The molecule has 0 aliphatic carbocycles. The molecule has 3 aromatic rings. The highest BCUT2D eigenvalue weighted by atomic mass is 79.9. The Morgan fingerprint density at radius 3 is 2.55 bits per heavy atom. The summed E-state index contributed by atoms with van der Waals surface area (Å²) < 4.78 is 8.78. The number of ether oxygens (including phenoxy) is 1. The first kappa shape index (κ1) is 23.6. The van der Waals surface area contributed by atoms with Crippen molar-refractivity contribution in [3.05, 3.63) is 65.5 Å². The van der Waals surface area contributed by atoms with E-state index in [1.54, 1.807) is 24.4 Å². The highest BCUT2D eigenvalue weighted by Gasteiger charge is 2.16. The Bertz CT molecular complexity index is 1220. The second kappa shape index (κ2) is 10.1. The monoisotopic (exact) mass is 612 g/mol. The van der Waals surface area contributed by atoms with Crippen LogP contribution in [-0.2, 0) is 4.79 Å².